The second-order valence-corrected chi connectivity index (χ2v) is 6.69. The summed E-state index contributed by atoms with van der Waals surface area (Å²) >= 11 is 0. The lowest BCUT2D eigenvalue weighted by molar-refractivity contribution is 0.184. The van der Waals surface area contributed by atoms with Crippen molar-refractivity contribution in [2.75, 3.05) is 0 Å². The molecule has 4 bridgehead atoms. The van der Waals surface area contributed by atoms with Crippen LogP contribution in [0, 0.1) is 0 Å². The Hall–Kier alpha value is -2.62. The molecule has 4 nitrogen and oxygen atoms in total. The molecule has 0 aliphatic carbocycles. The van der Waals surface area contributed by atoms with E-state index in [2.05, 4.69) is 24.3 Å². The molecule has 2 aromatic carbocycles. The fourth-order valence-corrected chi connectivity index (χ4v) is 3.92. The molecule has 0 fully saturated rings. The van der Waals surface area contributed by atoms with Crippen LogP contribution in [-0.2, 0) is 32.8 Å². The van der Waals surface area contributed by atoms with E-state index in [0.29, 0.717) is 13.2 Å². The van der Waals surface area contributed by atoms with Crippen molar-refractivity contribution in [3.8, 4) is 23.0 Å². The van der Waals surface area contributed by atoms with E-state index in [4.69, 9.17) is 18.9 Å². The van der Waals surface area contributed by atoms with Crippen LogP contribution < -0.4 is 18.9 Å². The van der Waals surface area contributed by atoms with Gasteiger partial charge in [0.05, 0.1) is 0 Å². The Bertz CT molecular complexity index is 926. The number of fused-ring (bicyclic) bond motifs is 4. The molecule has 8 rings (SSSR count). The van der Waals surface area contributed by atoms with Gasteiger partial charge in [-0.15, -0.1) is 0 Å². The van der Waals surface area contributed by atoms with Crippen LogP contribution in [0.15, 0.2) is 18.2 Å². The highest BCUT2D eigenvalue weighted by Crippen LogP contribution is 2.49. The molecule has 120 valence electrons. The first kappa shape index (κ1) is 12.8. The normalized spacial score (nSPS) is 17.2. The molecule has 0 atom stereocenters. The van der Waals surface area contributed by atoms with Crippen molar-refractivity contribution < 1.29 is 18.9 Å². The lowest BCUT2D eigenvalue weighted by Crippen LogP contribution is -2.21. The SMILES string of the molecule is C(=Cc1cc2c3c(c1OC2)OC3)CCc1cc2c3c(c1OC2)OC3. The third-order valence-electron chi connectivity index (χ3n) is 5.31. The fourth-order valence-electron chi connectivity index (χ4n) is 3.92. The van der Waals surface area contributed by atoms with Gasteiger partial charge in [0.1, 0.15) is 26.4 Å². The van der Waals surface area contributed by atoms with Gasteiger partial charge in [-0.3, -0.25) is 0 Å². The number of hydrogen-bond donors (Lipinski definition) is 0. The zero-order valence-corrected chi connectivity index (χ0v) is 13.2. The van der Waals surface area contributed by atoms with E-state index in [-0.39, 0.29) is 0 Å². The van der Waals surface area contributed by atoms with Gasteiger partial charge in [-0.05, 0) is 30.5 Å². The summed E-state index contributed by atoms with van der Waals surface area (Å²) < 4.78 is 22.6. The van der Waals surface area contributed by atoms with Crippen molar-refractivity contribution in [3.05, 3.63) is 51.6 Å². The van der Waals surface area contributed by atoms with E-state index in [1.165, 1.54) is 27.8 Å². The Labute approximate surface area is 139 Å². The molecule has 2 aromatic rings. The highest BCUT2D eigenvalue weighted by molar-refractivity contribution is 5.70. The number of allylic oxidation sites excluding steroid dienone is 1. The highest BCUT2D eigenvalue weighted by atomic mass is 16.5. The van der Waals surface area contributed by atoms with E-state index in [1.807, 2.05) is 0 Å². The van der Waals surface area contributed by atoms with Crippen molar-refractivity contribution in [2.45, 2.75) is 39.3 Å². The Morgan fingerprint density at radius 3 is 2.08 bits per heavy atom. The number of benzene rings is 2. The molecule has 0 saturated carbocycles. The van der Waals surface area contributed by atoms with Gasteiger partial charge in [0, 0.05) is 27.8 Å². The predicted octanol–water partition coefficient (Wildman–Crippen LogP) is 3.90. The van der Waals surface area contributed by atoms with Crippen LogP contribution in [0.25, 0.3) is 6.08 Å². The van der Waals surface area contributed by atoms with Crippen LogP contribution in [0.4, 0.5) is 0 Å². The van der Waals surface area contributed by atoms with Gasteiger partial charge in [-0.2, -0.15) is 0 Å². The fraction of sp³-hybridized carbons (Fsp3) is 0.300. The minimum Gasteiger partial charge on any atom is -0.485 e. The first-order chi connectivity index (χ1) is 11.9. The van der Waals surface area contributed by atoms with Gasteiger partial charge in [0.2, 0.25) is 0 Å². The summed E-state index contributed by atoms with van der Waals surface area (Å²) in [5.74, 6) is 3.80. The lowest BCUT2D eigenvalue weighted by Gasteiger charge is -2.32. The molecule has 0 unspecified atom stereocenters. The number of aryl methyl sites for hydroxylation is 1. The first-order valence-electron chi connectivity index (χ1n) is 8.42. The summed E-state index contributed by atoms with van der Waals surface area (Å²) in [7, 11) is 0. The topological polar surface area (TPSA) is 36.9 Å². The van der Waals surface area contributed by atoms with Crippen molar-refractivity contribution in [2.24, 2.45) is 0 Å². The highest BCUT2D eigenvalue weighted by Gasteiger charge is 2.32. The Balaban J connectivity index is 1.21. The van der Waals surface area contributed by atoms with Crippen molar-refractivity contribution >= 4 is 6.08 Å². The molecule has 0 saturated heterocycles. The van der Waals surface area contributed by atoms with Crippen molar-refractivity contribution in [3.63, 3.8) is 0 Å². The van der Waals surface area contributed by atoms with E-state index in [9.17, 15) is 0 Å². The average Bonchev–Trinajstić information content (AvgIpc) is 2.51. The van der Waals surface area contributed by atoms with Crippen LogP contribution >= 0.6 is 0 Å². The van der Waals surface area contributed by atoms with Crippen molar-refractivity contribution in [1.29, 1.82) is 0 Å². The molecule has 4 heteroatoms. The van der Waals surface area contributed by atoms with Gasteiger partial charge in [-0.1, -0.05) is 12.2 Å². The minimum absolute atomic E-state index is 0.688. The maximum atomic E-state index is 5.79. The third kappa shape index (κ3) is 1.58. The molecule has 24 heavy (non-hydrogen) atoms. The standard InChI is InChI=1S/C20H16O4/c1(3-11-5-13-7-21-17(11)19-15(13)9-23-19)2-4-12-6-14-8-22-18(12)20-16(14)10-24-20/h1,3,5-6H,2,4,7-10H2. The van der Waals surface area contributed by atoms with Gasteiger partial charge in [0.15, 0.2) is 23.0 Å². The number of ether oxygens (including phenoxy) is 4. The summed E-state index contributed by atoms with van der Waals surface area (Å²) in [4.78, 5) is 0. The zero-order valence-electron chi connectivity index (χ0n) is 13.2. The predicted molar refractivity (Wildman–Crippen MR) is 87.6 cm³/mol. The maximum absolute atomic E-state index is 5.79. The quantitative estimate of drug-likeness (QED) is 0.856. The van der Waals surface area contributed by atoms with Crippen LogP contribution in [0.5, 0.6) is 23.0 Å². The number of rotatable bonds is 4. The van der Waals surface area contributed by atoms with Crippen LogP contribution in [0.1, 0.15) is 39.8 Å². The van der Waals surface area contributed by atoms with E-state index in [0.717, 1.165) is 54.6 Å². The average molecular weight is 320 g/mol. The van der Waals surface area contributed by atoms with Crippen LogP contribution in [0.2, 0.25) is 0 Å². The van der Waals surface area contributed by atoms with Gasteiger partial charge in [-0.25, -0.2) is 0 Å². The number of hydrogen-bond acceptors (Lipinski definition) is 4. The van der Waals surface area contributed by atoms with Gasteiger partial charge >= 0.3 is 0 Å². The van der Waals surface area contributed by atoms with Crippen molar-refractivity contribution in [1.82, 2.24) is 0 Å². The Kier molecular flexibility index (Phi) is 2.38. The second-order valence-electron chi connectivity index (χ2n) is 6.69. The van der Waals surface area contributed by atoms with Crippen LogP contribution in [0.3, 0.4) is 0 Å². The smallest absolute Gasteiger partial charge is 0.169 e. The molecule has 6 aliphatic heterocycles. The summed E-state index contributed by atoms with van der Waals surface area (Å²) in [6, 6.07) is 4.51. The van der Waals surface area contributed by atoms with Crippen LogP contribution in [-0.4, -0.2) is 0 Å². The summed E-state index contributed by atoms with van der Waals surface area (Å²) in [5.41, 5.74) is 7.60. The van der Waals surface area contributed by atoms with Gasteiger partial charge < -0.3 is 18.9 Å². The first-order valence-corrected chi connectivity index (χ1v) is 8.42. The van der Waals surface area contributed by atoms with Gasteiger partial charge in [0.25, 0.3) is 0 Å². The Morgan fingerprint density at radius 2 is 1.42 bits per heavy atom. The summed E-state index contributed by atoms with van der Waals surface area (Å²) in [6.45, 7) is 2.87. The molecule has 0 aromatic heterocycles. The molecule has 0 radical (unpaired) electrons. The zero-order chi connectivity index (χ0) is 15.7. The second kappa shape index (κ2) is 4.47. The monoisotopic (exact) mass is 320 g/mol. The van der Waals surface area contributed by atoms with E-state index < -0.39 is 0 Å². The minimum atomic E-state index is 0.688. The molecular weight excluding hydrogens is 304 g/mol. The molecule has 0 amide bonds. The largest absolute Gasteiger partial charge is 0.485 e. The maximum Gasteiger partial charge on any atom is 0.169 e. The summed E-state index contributed by atoms with van der Waals surface area (Å²) in [5, 5.41) is 0. The molecule has 6 aliphatic rings. The molecule has 6 heterocycles. The Morgan fingerprint density at radius 1 is 0.750 bits per heavy atom. The molecule has 0 N–H and O–H groups in total. The summed E-state index contributed by atoms with van der Waals surface area (Å²) in [6.07, 6.45) is 6.26. The van der Waals surface area contributed by atoms with E-state index in [1.54, 1.807) is 0 Å². The van der Waals surface area contributed by atoms with E-state index >= 15 is 0 Å². The third-order valence-corrected chi connectivity index (χ3v) is 5.31. The molecule has 0 spiro atoms. The lowest BCUT2D eigenvalue weighted by atomic mass is 9.94. The molecular formula is C20H16O4.